The van der Waals surface area contributed by atoms with Crippen molar-refractivity contribution in [2.75, 3.05) is 33.4 Å². The van der Waals surface area contributed by atoms with E-state index in [1.807, 2.05) is 54.6 Å². The van der Waals surface area contributed by atoms with E-state index in [0.717, 1.165) is 16.6 Å². The van der Waals surface area contributed by atoms with Gasteiger partial charge in [0, 0.05) is 18.7 Å². The van der Waals surface area contributed by atoms with Crippen molar-refractivity contribution in [3.8, 4) is 5.75 Å². The van der Waals surface area contributed by atoms with Gasteiger partial charge in [0.15, 0.2) is 0 Å². The molecule has 4 aromatic rings. The number of hydrogen-bond acceptors (Lipinski definition) is 6. The number of para-hydroxylation sites is 2. The Morgan fingerprint density at radius 1 is 1.08 bits per heavy atom. The molecule has 0 radical (unpaired) electrons. The summed E-state index contributed by atoms with van der Waals surface area (Å²) in [5, 5.41) is 3.05. The summed E-state index contributed by atoms with van der Waals surface area (Å²) in [6, 6.07) is 21.4. The summed E-state index contributed by atoms with van der Waals surface area (Å²) < 4.78 is 38.7. The summed E-state index contributed by atoms with van der Waals surface area (Å²) in [7, 11) is -2.47. The number of amides is 1. The van der Waals surface area contributed by atoms with Crippen LogP contribution in [0, 0.1) is 0 Å². The third kappa shape index (κ3) is 5.36. The first-order chi connectivity index (χ1) is 18.0. The second-order valence-corrected chi connectivity index (χ2v) is 10.6. The van der Waals surface area contributed by atoms with E-state index in [1.54, 1.807) is 6.07 Å². The van der Waals surface area contributed by atoms with Gasteiger partial charge >= 0.3 is 0 Å². The lowest BCUT2D eigenvalue weighted by atomic mass is 10.0. The largest absolute Gasteiger partial charge is 0.495 e. The summed E-state index contributed by atoms with van der Waals surface area (Å²) >= 11 is 0. The predicted octanol–water partition coefficient (Wildman–Crippen LogP) is 3.31. The zero-order chi connectivity index (χ0) is 25.8. The number of rotatable bonds is 8. The van der Waals surface area contributed by atoms with E-state index in [-0.39, 0.29) is 29.3 Å². The summed E-state index contributed by atoms with van der Waals surface area (Å²) in [6.07, 6.45) is 0.501. The molecule has 0 saturated carbocycles. The molecule has 0 bridgehead atoms. The number of methoxy groups -OCH3 is 1. The predicted molar refractivity (Wildman–Crippen MR) is 139 cm³/mol. The number of aromatic nitrogens is 2. The Morgan fingerprint density at radius 3 is 2.54 bits per heavy atom. The average Bonchev–Trinajstić information content (AvgIpc) is 3.38. The van der Waals surface area contributed by atoms with Crippen molar-refractivity contribution < 1.29 is 22.7 Å². The SMILES string of the molecule is COc1ccc(C(=O)N[C@@H](Cc2ccccc2)c2nc3ccccc3[nH]2)cc1S(=O)(=O)N1CCOCC1. The van der Waals surface area contributed by atoms with Crippen molar-refractivity contribution in [3.63, 3.8) is 0 Å². The molecule has 1 saturated heterocycles. The highest BCUT2D eigenvalue weighted by molar-refractivity contribution is 7.89. The van der Waals surface area contributed by atoms with Crippen LogP contribution in [0.1, 0.15) is 27.8 Å². The highest BCUT2D eigenvalue weighted by Gasteiger charge is 2.30. The van der Waals surface area contributed by atoms with Crippen LogP contribution in [-0.4, -0.2) is 62.0 Å². The van der Waals surface area contributed by atoms with Crippen LogP contribution in [0.3, 0.4) is 0 Å². The molecule has 1 amide bonds. The Morgan fingerprint density at radius 2 is 1.81 bits per heavy atom. The molecule has 10 heteroatoms. The van der Waals surface area contributed by atoms with Crippen LogP contribution in [0.4, 0.5) is 0 Å². The molecule has 37 heavy (non-hydrogen) atoms. The molecule has 1 fully saturated rings. The second-order valence-electron chi connectivity index (χ2n) is 8.74. The van der Waals surface area contributed by atoms with Gasteiger partial charge in [0.25, 0.3) is 5.91 Å². The molecule has 9 nitrogen and oxygen atoms in total. The summed E-state index contributed by atoms with van der Waals surface area (Å²) in [5.41, 5.74) is 2.90. The first-order valence-electron chi connectivity index (χ1n) is 12.0. The van der Waals surface area contributed by atoms with Crippen LogP contribution in [0.5, 0.6) is 5.75 Å². The van der Waals surface area contributed by atoms with Gasteiger partial charge in [-0.05, 0) is 42.3 Å². The van der Waals surface area contributed by atoms with Crippen molar-refractivity contribution >= 4 is 27.0 Å². The third-order valence-electron chi connectivity index (χ3n) is 6.34. The monoisotopic (exact) mass is 520 g/mol. The average molecular weight is 521 g/mol. The lowest BCUT2D eigenvalue weighted by Crippen LogP contribution is -2.40. The van der Waals surface area contributed by atoms with Crippen LogP contribution >= 0.6 is 0 Å². The van der Waals surface area contributed by atoms with Gasteiger partial charge in [-0.2, -0.15) is 4.31 Å². The molecule has 0 unspecified atom stereocenters. The van der Waals surface area contributed by atoms with E-state index >= 15 is 0 Å². The minimum atomic E-state index is -3.88. The number of hydrogen-bond donors (Lipinski definition) is 2. The van der Waals surface area contributed by atoms with E-state index < -0.39 is 22.0 Å². The maximum atomic E-state index is 13.5. The Hall–Kier alpha value is -3.73. The standard InChI is InChI=1S/C27H28N4O5S/c1-35-24-12-11-20(18-25(24)37(33,34)31-13-15-36-16-14-31)27(32)30-23(17-19-7-3-2-4-8-19)26-28-21-9-5-6-10-22(21)29-26/h2-12,18,23H,13-17H2,1H3,(H,28,29)(H,30,32)/t23-/m0/s1. The number of fused-ring (bicyclic) bond motifs is 1. The van der Waals surface area contributed by atoms with Gasteiger partial charge in [-0.15, -0.1) is 0 Å². The van der Waals surface area contributed by atoms with E-state index in [0.29, 0.717) is 25.5 Å². The highest BCUT2D eigenvalue weighted by atomic mass is 32.2. The molecule has 192 valence electrons. The maximum absolute atomic E-state index is 13.5. The minimum Gasteiger partial charge on any atom is -0.495 e. The molecule has 3 aromatic carbocycles. The van der Waals surface area contributed by atoms with Crippen molar-refractivity contribution in [1.82, 2.24) is 19.6 Å². The fraction of sp³-hybridized carbons (Fsp3) is 0.259. The molecule has 1 aliphatic heterocycles. The van der Waals surface area contributed by atoms with E-state index in [9.17, 15) is 13.2 Å². The Kier molecular flexibility index (Phi) is 7.22. The summed E-state index contributed by atoms with van der Waals surface area (Å²) in [5.74, 6) is 0.386. The number of H-pyrrole nitrogens is 1. The molecule has 2 N–H and O–H groups in total. The number of benzene rings is 3. The van der Waals surface area contributed by atoms with E-state index in [4.69, 9.17) is 14.5 Å². The zero-order valence-corrected chi connectivity index (χ0v) is 21.2. The first-order valence-corrected chi connectivity index (χ1v) is 13.4. The third-order valence-corrected chi connectivity index (χ3v) is 8.26. The number of carbonyl (C=O) groups is 1. The topological polar surface area (TPSA) is 114 Å². The minimum absolute atomic E-state index is 0.0482. The second kappa shape index (κ2) is 10.7. The van der Waals surface area contributed by atoms with Gasteiger partial charge in [0.1, 0.15) is 16.5 Å². The maximum Gasteiger partial charge on any atom is 0.251 e. The molecule has 1 aromatic heterocycles. The van der Waals surface area contributed by atoms with Crippen molar-refractivity contribution in [1.29, 1.82) is 0 Å². The van der Waals surface area contributed by atoms with Gasteiger partial charge in [0.2, 0.25) is 10.0 Å². The number of nitrogens with zero attached hydrogens (tertiary/aromatic N) is 2. The summed E-state index contributed by atoms with van der Waals surface area (Å²) in [4.78, 5) is 21.4. The van der Waals surface area contributed by atoms with E-state index in [2.05, 4.69) is 10.3 Å². The number of ether oxygens (including phenoxy) is 2. The van der Waals surface area contributed by atoms with Crippen LogP contribution in [0.25, 0.3) is 11.0 Å². The fourth-order valence-electron chi connectivity index (χ4n) is 4.39. The number of carbonyl (C=O) groups excluding carboxylic acids is 1. The number of morpholine rings is 1. The summed E-state index contributed by atoms with van der Waals surface area (Å²) in [6.45, 7) is 1.13. The van der Waals surface area contributed by atoms with Gasteiger partial charge in [0.05, 0.1) is 37.4 Å². The van der Waals surface area contributed by atoms with Crippen LogP contribution < -0.4 is 10.1 Å². The quantitative estimate of drug-likeness (QED) is 0.369. The molecule has 0 spiro atoms. The Balaban J connectivity index is 1.46. The van der Waals surface area contributed by atoms with Gasteiger partial charge in [-0.1, -0.05) is 42.5 Å². The smallest absolute Gasteiger partial charge is 0.251 e. The first kappa shape index (κ1) is 24.9. The molecular weight excluding hydrogens is 492 g/mol. The number of aromatic amines is 1. The van der Waals surface area contributed by atoms with Crippen LogP contribution in [-0.2, 0) is 21.2 Å². The van der Waals surface area contributed by atoms with Crippen LogP contribution in [0.15, 0.2) is 77.7 Å². The number of nitrogens with one attached hydrogen (secondary N) is 2. The molecule has 5 rings (SSSR count). The van der Waals surface area contributed by atoms with Gasteiger partial charge in [-0.3, -0.25) is 4.79 Å². The Bertz CT molecular complexity index is 1460. The van der Waals surface area contributed by atoms with Crippen molar-refractivity contribution in [3.05, 3.63) is 89.7 Å². The lowest BCUT2D eigenvalue weighted by Gasteiger charge is -2.27. The molecule has 1 atom stereocenters. The highest BCUT2D eigenvalue weighted by Crippen LogP contribution is 2.29. The van der Waals surface area contributed by atoms with Crippen molar-refractivity contribution in [2.45, 2.75) is 17.4 Å². The number of sulfonamides is 1. The van der Waals surface area contributed by atoms with Crippen LogP contribution in [0.2, 0.25) is 0 Å². The molecule has 0 aliphatic carbocycles. The lowest BCUT2D eigenvalue weighted by molar-refractivity contribution is 0.0729. The number of imidazole rings is 1. The Labute approximate surface area is 215 Å². The fourth-order valence-corrected chi connectivity index (χ4v) is 5.98. The normalized spacial score (nSPS) is 15.4. The van der Waals surface area contributed by atoms with E-state index in [1.165, 1.54) is 23.5 Å². The molecular formula is C27H28N4O5S. The van der Waals surface area contributed by atoms with Gasteiger partial charge in [-0.25, -0.2) is 13.4 Å². The van der Waals surface area contributed by atoms with Gasteiger partial charge < -0.3 is 19.8 Å². The molecule has 2 heterocycles. The zero-order valence-electron chi connectivity index (χ0n) is 20.4. The van der Waals surface area contributed by atoms with Crippen molar-refractivity contribution in [2.24, 2.45) is 0 Å². The molecule has 1 aliphatic rings.